The van der Waals surface area contributed by atoms with E-state index >= 15 is 0 Å². The minimum absolute atomic E-state index is 0.0134. The van der Waals surface area contributed by atoms with Crippen molar-refractivity contribution in [1.29, 1.82) is 0 Å². The normalized spacial score (nSPS) is 10.3. The van der Waals surface area contributed by atoms with E-state index in [2.05, 4.69) is 15.9 Å². The third kappa shape index (κ3) is 2.31. The first-order chi connectivity index (χ1) is 7.15. The van der Waals surface area contributed by atoms with Crippen LogP contribution in [0.5, 0.6) is 0 Å². The summed E-state index contributed by atoms with van der Waals surface area (Å²) in [5.41, 5.74) is 0.00716. The smallest absolute Gasteiger partial charge is 0.377 e. The van der Waals surface area contributed by atoms with Gasteiger partial charge in [0.05, 0.1) is 18.7 Å². The number of nitrogens with zero attached hydrogens (tertiary/aromatic N) is 1. The summed E-state index contributed by atoms with van der Waals surface area (Å²) in [5.74, 6) is -0.614. The molecule has 0 fully saturated rings. The fraction of sp³-hybridized carbons (Fsp3) is 0.556. The van der Waals surface area contributed by atoms with Crippen LogP contribution in [0.4, 0.5) is 0 Å². The summed E-state index contributed by atoms with van der Waals surface area (Å²) in [4.78, 5) is 23.0. The van der Waals surface area contributed by atoms with Crippen LogP contribution in [-0.2, 0) is 16.6 Å². The van der Waals surface area contributed by atoms with Crippen LogP contribution < -0.4 is 5.56 Å². The molecule has 0 saturated carbocycles. The van der Waals surface area contributed by atoms with Gasteiger partial charge in [0, 0.05) is 5.33 Å². The number of alkyl halides is 1. The molecule has 0 aromatic carbocycles. The Morgan fingerprint density at radius 2 is 2.20 bits per heavy atom. The molecule has 5 nitrogen and oxygen atoms in total. The fourth-order valence-electron chi connectivity index (χ4n) is 1.14. The molecule has 1 aromatic rings. The van der Waals surface area contributed by atoms with Crippen molar-refractivity contribution >= 4 is 21.9 Å². The highest BCUT2D eigenvalue weighted by Crippen LogP contribution is 2.11. The fourth-order valence-corrected chi connectivity index (χ4v) is 1.63. The lowest BCUT2D eigenvalue weighted by Crippen LogP contribution is -2.16. The Morgan fingerprint density at radius 1 is 1.53 bits per heavy atom. The first-order valence-electron chi connectivity index (χ1n) is 4.61. The Balaban J connectivity index is 3.17. The van der Waals surface area contributed by atoms with Crippen LogP contribution >= 0.6 is 15.9 Å². The van der Waals surface area contributed by atoms with Gasteiger partial charge in [-0.1, -0.05) is 15.9 Å². The van der Waals surface area contributed by atoms with E-state index in [4.69, 9.17) is 9.26 Å². The van der Waals surface area contributed by atoms with Crippen LogP contribution in [0.2, 0.25) is 0 Å². The zero-order valence-corrected chi connectivity index (χ0v) is 10.2. The molecule has 0 amide bonds. The lowest BCUT2D eigenvalue weighted by molar-refractivity contribution is 0.0462. The van der Waals surface area contributed by atoms with E-state index in [1.54, 1.807) is 13.8 Å². The number of halogens is 1. The van der Waals surface area contributed by atoms with Gasteiger partial charge in [-0.25, -0.2) is 4.79 Å². The Morgan fingerprint density at radius 3 is 2.67 bits per heavy atom. The number of carbonyl (C=O) groups excluding carboxylic acids is 1. The number of ether oxygens (including phenoxy) is 1. The Bertz CT molecular complexity index is 407. The molecule has 0 aliphatic rings. The van der Waals surface area contributed by atoms with Crippen molar-refractivity contribution in [2.45, 2.75) is 25.7 Å². The molecule has 0 radical (unpaired) electrons. The summed E-state index contributed by atoms with van der Waals surface area (Å²) in [6.45, 7) is 4.10. The molecule has 0 atom stereocenters. The molecule has 0 N–H and O–H groups in total. The Hall–Kier alpha value is -1.04. The molecule has 0 aliphatic heterocycles. The number of rotatable bonds is 4. The van der Waals surface area contributed by atoms with Crippen LogP contribution in [0, 0.1) is 0 Å². The van der Waals surface area contributed by atoms with Crippen LogP contribution in [0.15, 0.2) is 9.32 Å². The lowest BCUT2D eigenvalue weighted by atomic mass is 10.3. The van der Waals surface area contributed by atoms with Gasteiger partial charge >= 0.3 is 5.97 Å². The van der Waals surface area contributed by atoms with Gasteiger partial charge in [-0.2, -0.15) is 4.74 Å². The van der Waals surface area contributed by atoms with Crippen molar-refractivity contribution in [1.82, 2.24) is 4.74 Å². The Labute approximate surface area is 95.1 Å². The molecular weight excluding hydrogens is 266 g/mol. The first-order valence-corrected chi connectivity index (χ1v) is 5.73. The van der Waals surface area contributed by atoms with Gasteiger partial charge in [-0.3, -0.25) is 4.79 Å². The predicted molar refractivity (Wildman–Crippen MR) is 57.2 cm³/mol. The van der Waals surface area contributed by atoms with Gasteiger partial charge < -0.3 is 9.26 Å². The molecule has 1 aromatic heterocycles. The highest BCUT2D eigenvalue weighted by molar-refractivity contribution is 9.08. The summed E-state index contributed by atoms with van der Waals surface area (Å²) >= 11 is 3.14. The molecule has 1 heterocycles. The van der Waals surface area contributed by atoms with Crippen LogP contribution in [0.3, 0.4) is 0 Å². The molecule has 1 rings (SSSR count). The maximum atomic E-state index is 11.6. The summed E-state index contributed by atoms with van der Waals surface area (Å²) < 4.78 is 11.0. The molecule has 84 valence electrons. The molecular formula is C9H12BrNO4. The molecule has 0 bridgehead atoms. The summed E-state index contributed by atoms with van der Waals surface area (Å²) in [5, 5.41) is 0.274. The maximum absolute atomic E-state index is 11.6. The van der Waals surface area contributed by atoms with Crippen molar-refractivity contribution < 1.29 is 14.1 Å². The largest absolute Gasteiger partial charge is 0.460 e. The second-order valence-corrected chi connectivity index (χ2v) is 3.31. The molecule has 6 heteroatoms. The van der Waals surface area contributed by atoms with Gasteiger partial charge in [0.15, 0.2) is 0 Å². The van der Waals surface area contributed by atoms with Crippen molar-refractivity contribution in [3.8, 4) is 0 Å². The number of hydrogen-bond donors (Lipinski definition) is 0. The van der Waals surface area contributed by atoms with Crippen molar-refractivity contribution in [3.63, 3.8) is 0 Å². The van der Waals surface area contributed by atoms with Gasteiger partial charge in [-0.15, -0.1) is 0 Å². The highest BCUT2D eigenvalue weighted by atomic mass is 79.9. The van der Waals surface area contributed by atoms with Gasteiger partial charge in [0.1, 0.15) is 0 Å². The predicted octanol–water partition coefficient (Wildman–Crippen LogP) is 1.53. The molecule has 15 heavy (non-hydrogen) atoms. The van der Waals surface area contributed by atoms with E-state index in [0.29, 0.717) is 12.1 Å². The van der Waals surface area contributed by atoms with E-state index in [1.807, 2.05) is 0 Å². The van der Waals surface area contributed by atoms with Gasteiger partial charge in [0.2, 0.25) is 5.76 Å². The third-order valence-electron chi connectivity index (χ3n) is 1.84. The van der Waals surface area contributed by atoms with E-state index in [0.717, 1.165) is 4.74 Å². The van der Waals surface area contributed by atoms with Crippen LogP contribution in [-0.4, -0.2) is 17.3 Å². The molecule has 0 unspecified atom stereocenters. The number of aryl methyl sites for hydroxylation is 1. The van der Waals surface area contributed by atoms with E-state index in [1.165, 1.54) is 0 Å². The lowest BCUT2D eigenvalue weighted by Gasteiger charge is -1.97. The number of aromatic nitrogens is 1. The quantitative estimate of drug-likeness (QED) is 0.619. The van der Waals surface area contributed by atoms with Crippen LogP contribution in [0.25, 0.3) is 0 Å². The molecule has 0 spiro atoms. The number of carbonyl (C=O) groups is 1. The van der Waals surface area contributed by atoms with Gasteiger partial charge in [-0.05, 0) is 13.8 Å². The van der Waals surface area contributed by atoms with Crippen molar-refractivity contribution in [2.24, 2.45) is 0 Å². The molecule has 0 saturated heterocycles. The average Bonchev–Trinajstić information content (AvgIpc) is 2.55. The first kappa shape index (κ1) is 12.0. The topological polar surface area (TPSA) is 61.4 Å². The monoisotopic (exact) mass is 277 g/mol. The van der Waals surface area contributed by atoms with E-state index in [-0.39, 0.29) is 23.3 Å². The minimum atomic E-state index is -0.601. The van der Waals surface area contributed by atoms with E-state index in [9.17, 15) is 9.59 Å². The zero-order chi connectivity index (χ0) is 11.4. The van der Waals surface area contributed by atoms with Crippen LogP contribution in [0.1, 0.15) is 30.0 Å². The second kappa shape index (κ2) is 5.16. The summed E-state index contributed by atoms with van der Waals surface area (Å²) in [6, 6.07) is 0. The maximum Gasteiger partial charge on any atom is 0.377 e. The Kier molecular flexibility index (Phi) is 4.14. The second-order valence-electron chi connectivity index (χ2n) is 2.75. The van der Waals surface area contributed by atoms with E-state index < -0.39 is 5.97 Å². The highest BCUT2D eigenvalue weighted by Gasteiger charge is 2.22. The summed E-state index contributed by atoms with van der Waals surface area (Å²) in [7, 11) is 0. The SMILES string of the molecule is CCOC(=O)c1on(CC)c(=O)c1CBr. The number of hydrogen-bond acceptors (Lipinski definition) is 4. The molecule has 0 aliphatic carbocycles. The standard InChI is InChI=1S/C9H12BrNO4/c1-3-11-8(12)6(5-10)7(15-11)9(13)14-4-2/h3-5H2,1-2H3. The number of esters is 1. The zero-order valence-electron chi connectivity index (χ0n) is 8.58. The minimum Gasteiger partial charge on any atom is -0.460 e. The van der Waals surface area contributed by atoms with Gasteiger partial charge in [0.25, 0.3) is 5.56 Å². The summed E-state index contributed by atoms with van der Waals surface area (Å²) in [6.07, 6.45) is 0. The average molecular weight is 278 g/mol. The van der Waals surface area contributed by atoms with Crippen molar-refractivity contribution in [2.75, 3.05) is 6.61 Å². The third-order valence-corrected chi connectivity index (χ3v) is 2.40. The van der Waals surface area contributed by atoms with Crippen molar-refractivity contribution in [3.05, 3.63) is 21.7 Å².